The molecule has 4 rings (SSSR count). The highest BCUT2D eigenvalue weighted by atomic mass is 32.2. The van der Waals surface area contributed by atoms with Crippen molar-refractivity contribution in [2.75, 3.05) is 19.5 Å². The average molecular weight is 531 g/mol. The number of benzene rings is 3. The number of carbonyl (C=O) groups is 2. The molecule has 1 heterocycles. The Balaban J connectivity index is 1.64. The van der Waals surface area contributed by atoms with E-state index in [1.807, 2.05) is 55.5 Å². The molecule has 10 heteroatoms. The Hall–Kier alpha value is -4.44. The van der Waals surface area contributed by atoms with Crippen molar-refractivity contribution in [1.82, 2.24) is 15.2 Å². The minimum absolute atomic E-state index is 0.0919. The second-order valence-corrected chi connectivity index (χ2v) is 9.31. The zero-order chi connectivity index (χ0) is 27.1. The first kappa shape index (κ1) is 26.6. The lowest BCUT2D eigenvalue weighted by atomic mass is 10.0. The highest BCUT2D eigenvalue weighted by molar-refractivity contribution is 8.00. The van der Waals surface area contributed by atoms with Gasteiger partial charge in [-0.3, -0.25) is 4.79 Å². The minimum atomic E-state index is -1.06. The molecule has 3 aromatic carbocycles. The first-order chi connectivity index (χ1) is 18.4. The van der Waals surface area contributed by atoms with Crippen LogP contribution in [0, 0.1) is 0 Å². The quantitative estimate of drug-likeness (QED) is 0.258. The number of amides is 1. The summed E-state index contributed by atoms with van der Waals surface area (Å²) in [7, 11) is 3.21. The first-order valence-corrected chi connectivity index (χ1v) is 12.6. The van der Waals surface area contributed by atoms with E-state index in [-0.39, 0.29) is 11.5 Å². The van der Waals surface area contributed by atoms with E-state index in [0.29, 0.717) is 34.4 Å². The summed E-state index contributed by atoms with van der Waals surface area (Å²) in [4.78, 5) is 29.1. The Morgan fingerprint density at radius 2 is 1.50 bits per heavy atom. The molecule has 0 aliphatic carbocycles. The molecule has 9 nitrogen and oxygen atoms in total. The minimum Gasteiger partial charge on any atom is -0.497 e. The van der Waals surface area contributed by atoms with Gasteiger partial charge in [-0.05, 0) is 73.2 Å². The van der Waals surface area contributed by atoms with Gasteiger partial charge in [-0.2, -0.15) is 0 Å². The van der Waals surface area contributed by atoms with Crippen molar-refractivity contribution in [3.63, 3.8) is 0 Å². The van der Waals surface area contributed by atoms with Crippen molar-refractivity contribution in [2.45, 2.75) is 23.8 Å². The molecule has 0 radical (unpaired) electrons. The maximum Gasteiger partial charge on any atom is 0.335 e. The number of carboxylic acid groups (broad SMARTS) is 1. The number of anilines is 1. The maximum absolute atomic E-state index is 13.0. The molecule has 0 saturated carbocycles. The topological polar surface area (TPSA) is 124 Å². The monoisotopic (exact) mass is 530 g/mol. The van der Waals surface area contributed by atoms with E-state index < -0.39 is 11.2 Å². The molecule has 38 heavy (non-hydrogen) atoms. The number of aromatic nitrogens is 3. The van der Waals surface area contributed by atoms with Gasteiger partial charge >= 0.3 is 5.97 Å². The average Bonchev–Trinajstić information content (AvgIpc) is 2.96. The molecule has 0 saturated heterocycles. The third-order valence-corrected chi connectivity index (χ3v) is 6.90. The van der Waals surface area contributed by atoms with E-state index in [2.05, 4.69) is 15.5 Å². The molecule has 0 aliphatic rings. The van der Waals surface area contributed by atoms with Gasteiger partial charge in [0, 0.05) is 16.8 Å². The normalized spacial score (nSPS) is 11.4. The van der Waals surface area contributed by atoms with Gasteiger partial charge in [-0.25, -0.2) is 9.78 Å². The van der Waals surface area contributed by atoms with E-state index in [1.54, 1.807) is 26.4 Å². The van der Waals surface area contributed by atoms with Gasteiger partial charge in [0.1, 0.15) is 22.9 Å². The molecule has 4 aromatic rings. The summed E-state index contributed by atoms with van der Waals surface area (Å²) < 4.78 is 10.6. The van der Waals surface area contributed by atoms with E-state index >= 15 is 0 Å². The maximum atomic E-state index is 13.0. The van der Waals surface area contributed by atoms with Crippen LogP contribution >= 0.6 is 11.8 Å². The Bertz CT molecular complexity index is 1430. The number of aromatic carboxylic acids is 1. The number of hydrogen-bond acceptors (Lipinski definition) is 8. The number of nitrogens with one attached hydrogen (secondary N) is 1. The van der Waals surface area contributed by atoms with Crippen LogP contribution in [-0.4, -0.2) is 51.6 Å². The molecule has 0 aliphatic heterocycles. The van der Waals surface area contributed by atoms with Gasteiger partial charge in [0.15, 0.2) is 0 Å². The third-order valence-electron chi connectivity index (χ3n) is 5.68. The van der Waals surface area contributed by atoms with Gasteiger partial charge in [0.2, 0.25) is 11.1 Å². The van der Waals surface area contributed by atoms with Crippen LogP contribution in [0.2, 0.25) is 0 Å². The second-order valence-electron chi connectivity index (χ2n) is 8.14. The number of carboxylic acids is 1. The summed E-state index contributed by atoms with van der Waals surface area (Å²) in [6.07, 6.45) is 0.497. The van der Waals surface area contributed by atoms with E-state index in [1.165, 1.54) is 23.9 Å². The lowest BCUT2D eigenvalue weighted by molar-refractivity contribution is -0.115. The number of hydrogen-bond donors (Lipinski definition) is 2. The molecular weight excluding hydrogens is 504 g/mol. The van der Waals surface area contributed by atoms with Crippen LogP contribution in [0.3, 0.4) is 0 Å². The van der Waals surface area contributed by atoms with Crippen molar-refractivity contribution < 1.29 is 24.2 Å². The van der Waals surface area contributed by atoms with Crippen LogP contribution in [0.5, 0.6) is 11.5 Å². The van der Waals surface area contributed by atoms with Crippen LogP contribution in [0.15, 0.2) is 78.0 Å². The van der Waals surface area contributed by atoms with Gasteiger partial charge in [-0.15, -0.1) is 10.2 Å². The molecule has 1 aromatic heterocycles. The van der Waals surface area contributed by atoms with E-state index in [9.17, 15) is 14.7 Å². The van der Waals surface area contributed by atoms with E-state index in [4.69, 9.17) is 14.5 Å². The fraction of sp³-hybridized carbons (Fsp3) is 0.179. The lowest BCUT2D eigenvalue weighted by Crippen LogP contribution is -2.25. The smallest absolute Gasteiger partial charge is 0.335 e. The van der Waals surface area contributed by atoms with Gasteiger partial charge < -0.3 is 19.9 Å². The molecule has 0 spiro atoms. The van der Waals surface area contributed by atoms with Crippen LogP contribution in [-0.2, 0) is 4.79 Å². The number of ether oxygens (including phenoxy) is 2. The lowest BCUT2D eigenvalue weighted by Gasteiger charge is -2.15. The van der Waals surface area contributed by atoms with Crippen LogP contribution in [0.1, 0.15) is 23.7 Å². The summed E-state index contributed by atoms with van der Waals surface area (Å²) >= 11 is 1.20. The Labute approximate surface area is 224 Å². The molecule has 0 fully saturated rings. The SMILES string of the molecule is CCC(Sc1nnc(-c2ccc(OC)cc2)c(-c2ccc(OC)cc2)n1)C(=O)Nc1cccc(C(=O)O)c1. The van der Waals surface area contributed by atoms with E-state index in [0.717, 1.165) is 16.9 Å². The summed E-state index contributed by atoms with van der Waals surface area (Å²) in [5.41, 5.74) is 3.33. The Morgan fingerprint density at radius 3 is 2.05 bits per heavy atom. The number of thioether (sulfide) groups is 1. The summed E-state index contributed by atoms with van der Waals surface area (Å²) in [6, 6.07) is 21.0. The van der Waals surface area contributed by atoms with Crippen LogP contribution in [0.4, 0.5) is 5.69 Å². The first-order valence-electron chi connectivity index (χ1n) is 11.8. The predicted octanol–water partition coefficient (Wildman–Crippen LogP) is 5.43. The van der Waals surface area contributed by atoms with Crippen molar-refractivity contribution in [3.05, 3.63) is 78.4 Å². The molecule has 0 bridgehead atoms. The highest BCUT2D eigenvalue weighted by Crippen LogP contribution is 2.33. The molecular formula is C28H26N4O5S. The van der Waals surface area contributed by atoms with Crippen molar-refractivity contribution in [2.24, 2.45) is 0 Å². The van der Waals surface area contributed by atoms with Gasteiger partial charge in [-0.1, -0.05) is 24.8 Å². The number of nitrogens with zero attached hydrogens (tertiary/aromatic N) is 3. The molecule has 2 N–H and O–H groups in total. The summed E-state index contributed by atoms with van der Waals surface area (Å²) in [5, 5.41) is 20.6. The van der Waals surface area contributed by atoms with Crippen molar-refractivity contribution >= 4 is 29.3 Å². The Morgan fingerprint density at radius 1 is 0.895 bits per heavy atom. The highest BCUT2D eigenvalue weighted by Gasteiger charge is 2.22. The zero-order valence-electron chi connectivity index (χ0n) is 21.0. The molecule has 194 valence electrons. The van der Waals surface area contributed by atoms with Crippen LogP contribution < -0.4 is 14.8 Å². The third kappa shape index (κ3) is 6.27. The van der Waals surface area contributed by atoms with Crippen molar-refractivity contribution in [1.29, 1.82) is 0 Å². The van der Waals surface area contributed by atoms with Crippen molar-refractivity contribution in [3.8, 4) is 34.0 Å². The second kappa shape index (κ2) is 12.2. The molecule has 1 atom stereocenters. The van der Waals surface area contributed by atoms with Gasteiger partial charge in [0.25, 0.3) is 0 Å². The zero-order valence-corrected chi connectivity index (χ0v) is 21.9. The molecule has 1 unspecified atom stereocenters. The fourth-order valence-electron chi connectivity index (χ4n) is 3.66. The van der Waals surface area contributed by atoms with Gasteiger partial charge in [0.05, 0.1) is 25.0 Å². The standard InChI is InChI=1S/C28H26N4O5S/c1-4-23(26(33)29-20-7-5-6-19(16-20)27(34)35)38-28-30-24(17-8-12-21(36-2)13-9-17)25(31-32-28)18-10-14-22(37-3)15-11-18/h5-16,23H,4H2,1-3H3,(H,29,33)(H,34,35). The summed E-state index contributed by atoms with van der Waals surface area (Å²) in [6.45, 7) is 1.88. The Kier molecular flexibility index (Phi) is 8.55. The fourth-order valence-corrected chi connectivity index (χ4v) is 4.48. The predicted molar refractivity (Wildman–Crippen MR) is 146 cm³/mol. The molecule has 1 amide bonds. The summed E-state index contributed by atoms with van der Waals surface area (Å²) in [5.74, 6) is 0.0865. The largest absolute Gasteiger partial charge is 0.497 e. The number of methoxy groups -OCH3 is 2. The van der Waals surface area contributed by atoms with Crippen LogP contribution in [0.25, 0.3) is 22.5 Å². The number of rotatable bonds is 10. The number of carbonyl (C=O) groups excluding carboxylic acids is 1.